The quantitative estimate of drug-likeness (QED) is 0.369. The third-order valence-electron chi connectivity index (χ3n) is 5.48. The predicted molar refractivity (Wildman–Crippen MR) is 130 cm³/mol. The van der Waals surface area contributed by atoms with Gasteiger partial charge in [-0.25, -0.2) is 4.79 Å². The number of aliphatic carboxylic acids is 1. The number of nitrogens with one attached hydrogen (secondary N) is 1. The zero-order valence-corrected chi connectivity index (χ0v) is 18.2. The number of ether oxygens (including phenoxy) is 1. The highest BCUT2D eigenvalue weighted by atomic mass is 16.5. The fourth-order valence-electron chi connectivity index (χ4n) is 3.90. The van der Waals surface area contributed by atoms with Crippen molar-refractivity contribution in [1.82, 2.24) is 4.98 Å². The van der Waals surface area contributed by atoms with Crippen LogP contribution in [0, 0.1) is 0 Å². The van der Waals surface area contributed by atoms with Crippen LogP contribution in [0.2, 0.25) is 0 Å². The van der Waals surface area contributed by atoms with E-state index in [9.17, 15) is 9.59 Å². The van der Waals surface area contributed by atoms with E-state index in [2.05, 4.69) is 29.2 Å². The first-order valence-corrected chi connectivity index (χ1v) is 10.9. The molecule has 0 unspecified atom stereocenters. The monoisotopic (exact) mass is 439 g/mol. The highest BCUT2D eigenvalue weighted by Gasteiger charge is 2.10. The first-order valence-electron chi connectivity index (χ1n) is 10.9. The lowest BCUT2D eigenvalue weighted by Gasteiger charge is -2.11. The Hall–Kier alpha value is -4.12. The van der Waals surface area contributed by atoms with E-state index in [4.69, 9.17) is 9.84 Å². The number of hydrogen-bond donors (Lipinski definition) is 2. The number of aromatic amines is 1. The number of carboxylic acids is 1. The van der Waals surface area contributed by atoms with E-state index >= 15 is 0 Å². The van der Waals surface area contributed by atoms with E-state index in [1.54, 1.807) is 12.3 Å². The molecule has 0 fully saturated rings. The van der Waals surface area contributed by atoms with Crippen LogP contribution in [0.15, 0.2) is 95.9 Å². The number of H-pyrrole nitrogens is 1. The zero-order valence-electron chi connectivity index (χ0n) is 18.2. The molecule has 0 radical (unpaired) electrons. The molecule has 0 bridgehead atoms. The van der Waals surface area contributed by atoms with Gasteiger partial charge in [0.05, 0.1) is 0 Å². The molecular formula is C28H25NO4. The molecule has 3 aromatic carbocycles. The average Bonchev–Trinajstić information content (AvgIpc) is 2.85. The Bertz CT molecular complexity index is 1290. The van der Waals surface area contributed by atoms with Crippen LogP contribution in [0.5, 0.6) is 5.75 Å². The number of benzene rings is 3. The molecule has 0 aliphatic carbocycles. The number of hydrogen-bond acceptors (Lipinski definition) is 3. The molecule has 0 atom stereocenters. The SMILES string of the molecule is O=C(O)COc1cccc(CCCc2cc(-c3ccccc3-c3ccccc3)c[nH]c2=O)c1. The highest BCUT2D eigenvalue weighted by molar-refractivity contribution is 5.83. The number of carboxylic acid groups (broad SMARTS) is 1. The van der Waals surface area contributed by atoms with Crippen molar-refractivity contribution in [2.45, 2.75) is 19.3 Å². The maximum Gasteiger partial charge on any atom is 0.341 e. The Labute approximate surface area is 192 Å². The lowest BCUT2D eigenvalue weighted by atomic mass is 9.94. The third kappa shape index (κ3) is 5.77. The van der Waals surface area contributed by atoms with Gasteiger partial charge in [-0.1, -0.05) is 66.7 Å². The summed E-state index contributed by atoms with van der Waals surface area (Å²) in [6, 6.07) is 27.8. The molecule has 166 valence electrons. The van der Waals surface area contributed by atoms with Crippen LogP contribution in [0.25, 0.3) is 22.3 Å². The van der Waals surface area contributed by atoms with E-state index in [-0.39, 0.29) is 12.2 Å². The van der Waals surface area contributed by atoms with Crippen LogP contribution in [0.1, 0.15) is 17.5 Å². The van der Waals surface area contributed by atoms with Crippen molar-refractivity contribution in [1.29, 1.82) is 0 Å². The van der Waals surface area contributed by atoms with Crippen LogP contribution in [0.4, 0.5) is 0 Å². The lowest BCUT2D eigenvalue weighted by molar-refractivity contribution is -0.139. The Morgan fingerprint density at radius 2 is 1.55 bits per heavy atom. The molecule has 0 saturated heterocycles. The van der Waals surface area contributed by atoms with Gasteiger partial charge in [-0.3, -0.25) is 4.79 Å². The number of aryl methyl sites for hydroxylation is 2. The second kappa shape index (κ2) is 10.5. The standard InChI is InChI=1S/C28H25NO4/c30-27(31)19-33-24-13-7-9-20(16-24)8-6-12-22-17-23(18-29-28(22)32)26-15-5-4-14-25(26)21-10-2-1-3-11-21/h1-5,7,9-11,13-18H,6,8,12,19H2,(H,29,32)(H,30,31). The molecule has 0 spiro atoms. The minimum Gasteiger partial charge on any atom is -0.482 e. The van der Waals surface area contributed by atoms with Crippen LogP contribution < -0.4 is 10.3 Å². The van der Waals surface area contributed by atoms with E-state index in [0.717, 1.165) is 46.2 Å². The summed E-state index contributed by atoms with van der Waals surface area (Å²) < 4.78 is 5.25. The molecule has 5 heteroatoms. The smallest absolute Gasteiger partial charge is 0.341 e. The summed E-state index contributed by atoms with van der Waals surface area (Å²) in [5.74, 6) is -0.472. The van der Waals surface area contributed by atoms with E-state index in [1.165, 1.54) is 0 Å². The summed E-state index contributed by atoms with van der Waals surface area (Å²) in [6.45, 7) is -0.365. The maximum atomic E-state index is 12.5. The molecule has 1 heterocycles. The van der Waals surface area contributed by atoms with Crippen LogP contribution in [-0.4, -0.2) is 22.7 Å². The largest absolute Gasteiger partial charge is 0.482 e. The summed E-state index contributed by atoms with van der Waals surface area (Å²) >= 11 is 0. The van der Waals surface area contributed by atoms with Gasteiger partial charge in [0, 0.05) is 11.8 Å². The van der Waals surface area contributed by atoms with Crippen LogP contribution in [0.3, 0.4) is 0 Å². The van der Waals surface area contributed by atoms with Gasteiger partial charge in [0.15, 0.2) is 6.61 Å². The molecule has 2 N–H and O–H groups in total. The number of carbonyl (C=O) groups is 1. The topological polar surface area (TPSA) is 79.4 Å². The van der Waals surface area contributed by atoms with Crippen molar-refractivity contribution in [2.75, 3.05) is 6.61 Å². The van der Waals surface area contributed by atoms with Crippen molar-refractivity contribution < 1.29 is 14.6 Å². The molecule has 0 aliphatic heterocycles. The third-order valence-corrected chi connectivity index (χ3v) is 5.48. The fourth-order valence-corrected chi connectivity index (χ4v) is 3.90. The summed E-state index contributed by atoms with van der Waals surface area (Å²) in [6.07, 6.45) is 3.96. The van der Waals surface area contributed by atoms with Crippen molar-refractivity contribution in [2.24, 2.45) is 0 Å². The zero-order chi connectivity index (χ0) is 23.0. The molecule has 0 aliphatic rings. The molecule has 4 rings (SSSR count). The molecule has 33 heavy (non-hydrogen) atoms. The summed E-state index contributed by atoms with van der Waals surface area (Å²) in [7, 11) is 0. The minimum atomic E-state index is -1.01. The average molecular weight is 440 g/mol. The second-order valence-corrected chi connectivity index (χ2v) is 7.84. The Morgan fingerprint density at radius 1 is 0.818 bits per heavy atom. The minimum absolute atomic E-state index is 0.0746. The summed E-state index contributed by atoms with van der Waals surface area (Å²) in [4.78, 5) is 26.1. The summed E-state index contributed by atoms with van der Waals surface area (Å²) in [5, 5.41) is 8.77. The maximum absolute atomic E-state index is 12.5. The fraction of sp³-hybridized carbons (Fsp3) is 0.143. The van der Waals surface area contributed by atoms with Gasteiger partial charge in [-0.05, 0) is 65.3 Å². The highest BCUT2D eigenvalue weighted by Crippen LogP contribution is 2.31. The van der Waals surface area contributed by atoms with Crippen molar-refractivity contribution >= 4 is 5.97 Å². The second-order valence-electron chi connectivity index (χ2n) is 7.84. The molecular weight excluding hydrogens is 414 g/mol. The van der Waals surface area contributed by atoms with Crippen LogP contribution >= 0.6 is 0 Å². The molecule has 1 aromatic heterocycles. The normalized spacial score (nSPS) is 10.7. The Balaban J connectivity index is 1.49. The molecule has 4 aromatic rings. The van der Waals surface area contributed by atoms with E-state index in [1.807, 2.05) is 54.6 Å². The number of pyridine rings is 1. The van der Waals surface area contributed by atoms with Crippen molar-refractivity contribution in [3.63, 3.8) is 0 Å². The van der Waals surface area contributed by atoms with Gasteiger partial charge in [0.25, 0.3) is 5.56 Å². The number of aromatic nitrogens is 1. The Kier molecular flexibility index (Phi) is 7.00. The molecule has 0 saturated carbocycles. The molecule has 5 nitrogen and oxygen atoms in total. The lowest BCUT2D eigenvalue weighted by Crippen LogP contribution is -2.12. The van der Waals surface area contributed by atoms with E-state index < -0.39 is 5.97 Å². The van der Waals surface area contributed by atoms with Gasteiger partial charge >= 0.3 is 5.97 Å². The van der Waals surface area contributed by atoms with Crippen LogP contribution in [-0.2, 0) is 17.6 Å². The van der Waals surface area contributed by atoms with Gasteiger partial charge in [0.1, 0.15) is 5.75 Å². The van der Waals surface area contributed by atoms with Gasteiger partial charge in [0.2, 0.25) is 0 Å². The number of rotatable bonds is 9. The Morgan fingerprint density at radius 3 is 2.30 bits per heavy atom. The van der Waals surface area contributed by atoms with Crippen molar-refractivity contribution in [3.05, 3.63) is 113 Å². The van der Waals surface area contributed by atoms with Gasteiger partial charge < -0.3 is 14.8 Å². The first kappa shape index (κ1) is 22.1. The van der Waals surface area contributed by atoms with Crippen molar-refractivity contribution in [3.8, 4) is 28.0 Å². The first-order chi connectivity index (χ1) is 16.1. The summed E-state index contributed by atoms with van der Waals surface area (Å²) in [5.41, 5.74) is 6.01. The van der Waals surface area contributed by atoms with E-state index in [0.29, 0.717) is 12.2 Å². The predicted octanol–water partition coefficient (Wildman–Crippen LogP) is 5.35. The van der Waals surface area contributed by atoms with Gasteiger partial charge in [-0.2, -0.15) is 0 Å². The molecule has 0 amide bonds. The van der Waals surface area contributed by atoms with Gasteiger partial charge in [-0.15, -0.1) is 0 Å².